The van der Waals surface area contributed by atoms with Gasteiger partial charge in [0.05, 0.1) is 19.6 Å². The van der Waals surface area contributed by atoms with Gasteiger partial charge in [-0.2, -0.15) is 8.42 Å². The molecule has 0 heterocycles. The van der Waals surface area contributed by atoms with Crippen LogP contribution in [0.1, 0.15) is 121 Å². The molecule has 2 aromatic carbocycles. The second kappa shape index (κ2) is 28.1. The molecule has 2 aromatic rings. The summed E-state index contributed by atoms with van der Waals surface area (Å²) in [6.07, 6.45) is 19.9. The first-order valence-corrected chi connectivity index (χ1v) is 18.5. The fourth-order valence-electron chi connectivity index (χ4n) is 4.76. The Bertz CT molecular complexity index is 1140. The number of aliphatic hydroxyl groups is 2. The Kier molecular flexibility index (Phi) is 26.3. The maximum Gasteiger partial charge on any atom is 0.325 e. The number of aliphatic carboxylic acids is 2. The summed E-state index contributed by atoms with van der Waals surface area (Å²) in [6.45, 7) is 4.31. The van der Waals surface area contributed by atoms with Crippen LogP contribution < -0.4 is 4.74 Å². The lowest BCUT2D eigenvalue weighted by molar-refractivity contribution is -0.143. The molecule has 0 radical (unpaired) electrons. The number of benzene rings is 2. The van der Waals surface area contributed by atoms with Gasteiger partial charge in [-0.1, -0.05) is 127 Å². The molecule has 0 fully saturated rings. The molecular formula is C36H58O10S. The van der Waals surface area contributed by atoms with Gasteiger partial charge in [-0.3, -0.25) is 14.1 Å². The Morgan fingerprint density at radius 1 is 0.638 bits per heavy atom. The molecule has 0 saturated heterocycles. The highest BCUT2D eigenvalue weighted by atomic mass is 32.2. The number of hydrogen-bond donors (Lipinski definition) is 5. The molecule has 0 amide bonds. The number of ether oxygens (including phenoxy) is 1. The lowest BCUT2D eigenvalue weighted by atomic mass is 10.0. The molecule has 5 N–H and O–H groups in total. The molecule has 47 heavy (non-hydrogen) atoms. The van der Waals surface area contributed by atoms with Crippen molar-refractivity contribution in [2.75, 3.05) is 13.2 Å². The number of aliphatic hydroxyl groups excluding tert-OH is 2. The number of rotatable bonds is 23. The van der Waals surface area contributed by atoms with Gasteiger partial charge in [0.15, 0.2) is 5.25 Å². The lowest BCUT2D eigenvalue weighted by Gasteiger charge is -2.14. The van der Waals surface area contributed by atoms with Crippen molar-refractivity contribution in [1.29, 1.82) is 0 Å². The van der Waals surface area contributed by atoms with Crippen molar-refractivity contribution in [1.82, 2.24) is 0 Å². The van der Waals surface area contributed by atoms with Crippen LogP contribution in [0, 0.1) is 0 Å². The zero-order valence-corrected chi connectivity index (χ0v) is 29.1. The van der Waals surface area contributed by atoms with E-state index in [2.05, 4.69) is 62.4 Å². The highest BCUT2D eigenvalue weighted by Crippen LogP contribution is 2.30. The van der Waals surface area contributed by atoms with Crippen LogP contribution >= 0.6 is 0 Å². The standard InChI is InChI=1S/C30H46O.C4H6O7S.C2H6O2/c1-3-5-7-9-11-13-15-21-27-23-17-19-25-29(27)31-30-26-20-18-24-28(30)22-16-14-12-10-8-6-4-2;5-3(6)1-2(4(7)8)12(9,10)11;3-1-2-4/h17-20,23-26H,3-16,21-22H2,1-2H3;2H,1H2,(H,5,6)(H,7,8)(H,9,10,11);3-4H,1-2H2. The quantitative estimate of drug-likeness (QED) is 0.0573. The van der Waals surface area contributed by atoms with E-state index in [4.69, 9.17) is 29.7 Å². The van der Waals surface area contributed by atoms with Gasteiger partial charge in [0, 0.05) is 0 Å². The summed E-state index contributed by atoms with van der Waals surface area (Å²) in [5, 5.41) is 29.2. The molecule has 11 heteroatoms. The molecule has 1 unspecified atom stereocenters. The van der Waals surface area contributed by atoms with Crippen LogP contribution in [0.2, 0.25) is 0 Å². The van der Waals surface area contributed by atoms with Crippen molar-refractivity contribution in [3.05, 3.63) is 59.7 Å². The Labute approximate surface area is 282 Å². The summed E-state index contributed by atoms with van der Waals surface area (Å²) in [6, 6.07) is 17.3. The molecule has 1 atom stereocenters. The highest BCUT2D eigenvalue weighted by molar-refractivity contribution is 7.87. The smallest absolute Gasteiger partial charge is 0.325 e. The first-order valence-electron chi connectivity index (χ1n) is 17.0. The van der Waals surface area contributed by atoms with Gasteiger partial charge in [0.1, 0.15) is 11.5 Å². The molecule has 2 rings (SSSR count). The summed E-state index contributed by atoms with van der Waals surface area (Å²) in [7, 11) is -4.84. The summed E-state index contributed by atoms with van der Waals surface area (Å²) in [4.78, 5) is 20.0. The number of hydrogen-bond acceptors (Lipinski definition) is 7. The van der Waals surface area contributed by atoms with Crippen LogP contribution in [0.15, 0.2) is 48.5 Å². The fourth-order valence-corrected chi connectivity index (χ4v) is 5.37. The van der Waals surface area contributed by atoms with E-state index in [1.54, 1.807) is 0 Å². The summed E-state index contributed by atoms with van der Waals surface area (Å²) >= 11 is 0. The second-order valence-corrected chi connectivity index (χ2v) is 13.0. The van der Waals surface area contributed by atoms with Crippen molar-refractivity contribution in [2.45, 2.75) is 128 Å². The van der Waals surface area contributed by atoms with Crippen molar-refractivity contribution in [2.24, 2.45) is 0 Å². The third kappa shape index (κ3) is 23.1. The van der Waals surface area contributed by atoms with Crippen LogP contribution in [0.5, 0.6) is 11.5 Å². The van der Waals surface area contributed by atoms with Gasteiger partial charge in [0.25, 0.3) is 10.1 Å². The summed E-state index contributed by atoms with van der Waals surface area (Å²) < 4.78 is 35.1. The van der Waals surface area contributed by atoms with Crippen LogP contribution in [0.3, 0.4) is 0 Å². The van der Waals surface area contributed by atoms with Crippen molar-refractivity contribution < 1.29 is 47.7 Å². The first-order chi connectivity index (χ1) is 22.5. The third-order valence-corrected chi connectivity index (χ3v) is 8.45. The topological polar surface area (TPSA) is 179 Å². The number of para-hydroxylation sites is 2. The minimum atomic E-state index is -4.84. The average molecular weight is 683 g/mol. The third-order valence-electron chi connectivity index (χ3n) is 7.36. The largest absolute Gasteiger partial charge is 0.481 e. The molecule has 268 valence electrons. The number of carboxylic acid groups (broad SMARTS) is 2. The molecule has 0 aromatic heterocycles. The molecule has 0 spiro atoms. The number of carbonyl (C=O) groups is 2. The predicted octanol–water partition coefficient (Wildman–Crippen LogP) is 7.84. The Hall–Kier alpha value is -2.99. The van der Waals surface area contributed by atoms with Gasteiger partial charge >= 0.3 is 11.9 Å². The minimum Gasteiger partial charge on any atom is -0.481 e. The van der Waals surface area contributed by atoms with E-state index >= 15 is 0 Å². The van der Waals surface area contributed by atoms with Crippen molar-refractivity contribution >= 4 is 22.1 Å². The molecule has 0 bridgehead atoms. The number of aryl methyl sites for hydroxylation is 2. The Morgan fingerprint density at radius 2 is 1.00 bits per heavy atom. The average Bonchev–Trinajstić information content (AvgIpc) is 3.04. The van der Waals surface area contributed by atoms with Gasteiger partial charge in [-0.15, -0.1) is 0 Å². The van der Waals surface area contributed by atoms with Gasteiger partial charge < -0.3 is 25.2 Å². The van der Waals surface area contributed by atoms with Crippen LogP contribution in [-0.2, 0) is 32.5 Å². The monoisotopic (exact) mass is 682 g/mol. The first kappa shape index (κ1) is 44.0. The second-order valence-electron chi connectivity index (χ2n) is 11.4. The van der Waals surface area contributed by atoms with Crippen LogP contribution in [0.25, 0.3) is 0 Å². The molecule has 0 saturated carbocycles. The van der Waals surface area contributed by atoms with E-state index in [1.807, 2.05) is 0 Å². The zero-order chi connectivity index (χ0) is 35.3. The van der Waals surface area contributed by atoms with Gasteiger partial charge in [-0.25, -0.2) is 0 Å². The number of unbranched alkanes of at least 4 members (excludes halogenated alkanes) is 12. The van der Waals surface area contributed by atoms with E-state index in [-0.39, 0.29) is 13.2 Å². The van der Waals surface area contributed by atoms with Gasteiger partial charge in [-0.05, 0) is 48.9 Å². The normalized spacial score (nSPS) is 11.4. The zero-order valence-electron chi connectivity index (χ0n) is 28.3. The van der Waals surface area contributed by atoms with Crippen LogP contribution in [0.4, 0.5) is 0 Å². The van der Waals surface area contributed by atoms with E-state index in [0.29, 0.717) is 0 Å². The fraction of sp³-hybridized carbons (Fsp3) is 0.611. The predicted molar refractivity (Wildman–Crippen MR) is 186 cm³/mol. The van der Waals surface area contributed by atoms with E-state index < -0.39 is 33.7 Å². The summed E-state index contributed by atoms with van der Waals surface area (Å²) in [5.74, 6) is -1.42. The maximum absolute atomic E-state index is 10.2. The molecule has 10 nitrogen and oxygen atoms in total. The molecule has 0 aliphatic carbocycles. The SMILES string of the molecule is CCCCCCCCCc1ccccc1Oc1ccccc1CCCCCCCCC.O=C(O)CC(C(=O)O)S(=O)(=O)O.OCCO. The minimum absolute atomic E-state index is 0.125. The lowest BCUT2D eigenvalue weighted by Crippen LogP contribution is -2.31. The highest BCUT2D eigenvalue weighted by Gasteiger charge is 2.33. The van der Waals surface area contributed by atoms with E-state index in [9.17, 15) is 18.0 Å². The molecular weight excluding hydrogens is 624 g/mol. The van der Waals surface area contributed by atoms with E-state index in [1.165, 1.54) is 101 Å². The van der Waals surface area contributed by atoms with Crippen molar-refractivity contribution in [3.63, 3.8) is 0 Å². The van der Waals surface area contributed by atoms with Crippen LogP contribution in [-0.4, -0.2) is 63.8 Å². The Balaban J connectivity index is 0.00000110. The molecule has 0 aliphatic rings. The number of carboxylic acids is 2. The molecule has 0 aliphatic heterocycles. The van der Waals surface area contributed by atoms with Crippen molar-refractivity contribution in [3.8, 4) is 11.5 Å². The van der Waals surface area contributed by atoms with E-state index in [0.717, 1.165) is 24.3 Å². The summed E-state index contributed by atoms with van der Waals surface area (Å²) in [5.41, 5.74) is 2.70. The Morgan fingerprint density at radius 3 is 1.30 bits per heavy atom. The van der Waals surface area contributed by atoms with Gasteiger partial charge in [0.2, 0.25) is 0 Å². The maximum atomic E-state index is 10.2.